The molecule has 98 valence electrons. The zero-order valence-corrected chi connectivity index (χ0v) is 11.1. The monoisotopic (exact) mass is 267 g/mol. The molecule has 3 nitrogen and oxygen atoms in total. The van der Waals surface area contributed by atoms with Crippen LogP contribution in [0.25, 0.3) is 0 Å². The summed E-state index contributed by atoms with van der Waals surface area (Å²) in [6.07, 6.45) is 3.24. The van der Waals surface area contributed by atoms with Crippen LogP contribution < -0.4 is 0 Å². The average Bonchev–Trinajstić information content (AvgIpc) is 2.82. The van der Waals surface area contributed by atoms with E-state index >= 15 is 0 Å². The summed E-state index contributed by atoms with van der Waals surface area (Å²) < 4.78 is 0. The summed E-state index contributed by atoms with van der Waals surface area (Å²) in [6.45, 7) is 3.20. The zero-order valence-electron chi connectivity index (χ0n) is 10.4. The molecule has 0 radical (unpaired) electrons. The molecule has 1 N–H and O–H groups in total. The van der Waals surface area contributed by atoms with Gasteiger partial charge in [-0.25, -0.2) is 0 Å². The van der Waals surface area contributed by atoms with Gasteiger partial charge in [0.05, 0.1) is 0 Å². The molecule has 1 heterocycles. The Kier molecular flexibility index (Phi) is 4.61. The second-order valence-corrected chi connectivity index (χ2v) is 5.21. The molecule has 18 heavy (non-hydrogen) atoms. The lowest BCUT2D eigenvalue weighted by Gasteiger charge is -2.16. The van der Waals surface area contributed by atoms with Crippen molar-refractivity contribution in [2.75, 3.05) is 13.1 Å². The van der Waals surface area contributed by atoms with Gasteiger partial charge in [-0.15, -0.1) is 0 Å². The van der Waals surface area contributed by atoms with E-state index in [1.807, 2.05) is 18.2 Å². The van der Waals surface area contributed by atoms with E-state index in [9.17, 15) is 4.79 Å². The van der Waals surface area contributed by atoms with Gasteiger partial charge < -0.3 is 5.11 Å². The highest BCUT2D eigenvalue weighted by atomic mass is 35.5. The number of aliphatic carboxylic acids is 1. The maximum Gasteiger partial charge on any atom is 0.303 e. The normalized spacial score (nSPS) is 16.1. The summed E-state index contributed by atoms with van der Waals surface area (Å²) in [5.41, 5.74) is 2.13. The lowest BCUT2D eigenvalue weighted by molar-refractivity contribution is -0.136. The first kappa shape index (κ1) is 13.4. The van der Waals surface area contributed by atoms with Gasteiger partial charge in [0.15, 0.2) is 0 Å². The minimum atomic E-state index is -0.771. The molecule has 0 saturated carbocycles. The van der Waals surface area contributed by atoms with Gasteiger partial charge in [-0.2, -0.15) is 0 Å². The fourth-order valence-corrected chi connectivity index (χ4v) is 2.57. The molecule has 0 unspecified atom stereocenters. The van der Waals surface area contributed by atoms with Crippen molar-refractivity contribution in [3.05, 3.63) is 34.3 Å². The first-order valence-electron chi connectivity index (χ1n) is 6.36. The molecule has 1 saturated heterocycles. The maximum atomic E-state index is 10.5. The highest BCUT2D eigenvalue weighted by molar-refractivity contribution is 6.31. The number of aryl methyl sites for hydroxylation is 1. The number of carbonyl (C=O) groups is 1. The Morgan fingerprint density at radius 1 is 1.33 bits per heavy atom. The average molecular weight is 268 g/mol. The van der Waals surface area contributed by atoms with Crippen molar-refractivity contribution < 1.29 is 9.90 Å². The predicted molar refractivity (Wildman–Crippen MR) is 71.9 cm³/mol. The molecule has 0 aliphatic carbocycles. The van der Waals surface area contributed by atoms with Gasteiger partial charge in [0, 0.05) is 18.0 Å². The molecule has 4 heteroatoms. The number of carboxylic acids is 1. The lowest BCUT2D eigenvalue weighted by Crippen LogP contribution is -2.18. The van der Waals surface area contributed by atoms with E-state index < -0.39 is 5.97 Å². The summed E-state index contributed by atoms with van der Waals surface area (Å²) in [5, 5.41) is 9.40. The summed E-state index contributed by atoms with van der Waals surface area (Å²) in [6, 6.07) is 5.91. The van der Waals surface area contributed by atoms with Gasteiger partial charge in [-0.3, -0.25) is 9.69 Å². The van der Waals surface area contributed by atoms with Crippen LogP contribution >= 0.6 is 11.6 Å². The van der Waals surface area contributed by atoms with Gasteiger partial charge in [0.25, 0.3) is 0 Å². The zero-order chi connectivity index (χ0) is 13.0. The van der Waals surface area contributed by atoms with Crippen LogP contribution in [-0.4, -0.2) is 29.1 Å². The number of carboxylic acid groups (broad SMARTS) is 1. The minimum absolute atomic E-state index is 0.155. The molecule has 1 fully saturated rings. The Bertz CT molecular complexity index is 428. The first-order valence-corrected chi connectivity index (χ1v) is 6.74. The van der Waals surface area contributed by atoms with E-state index in [1.54, 1.807) is 0 Å². The fraction of sp³-hybridized carbons (Fsp3) is 0.500. The molecule has 1 aromatic rings. The van der Waals surface area contributed by atoms with Gasteiger partial charge >= 0.3 is 5.97 Å². The third-order valence-electron chi connectivity index (χ3n) is 3.34. The van der Waals surface area contributed by atoms with Crippen LogP contribution in [0, 0.1) is 0 Å². The molecule has 0 bridgehead atoms. The van der Waals surface area contributed by atoms with Crippen LogP contribution in [0.2, 0.25) is 5.02 Å². The Morgan fingerprint density at radius 2 is 2.06 bits per heavy atom. The SMILES string of the molecule is O=C(O)CCc1ccc(CN2CCCC2)c(Cl)c1. The van der Waals surface area contributed by atoms with Crippen molar-refractivity contribution in [1.29, 1.82) is 0 Å². The van der Waals surface area contributed by atoms with Crippen LogP contribution in [-0.2, 0) is 17.8 Å². The first-order chi connectivity index (χ1) is 8.65. The number of halogens is 1. The third kappa shape index (κ3) is 3.72. The molecule has 2 rings (SSSR count). The third-order valence-corrected chi connectivity index (χ3v) is 3.69. The van der Waals surface area contributed by atoms with Crippen molar-refractivity contribution in [1.82, 2.24) is 4.90 Å². The minimum Gasteiger partial charge on any atom is -0.481 e. The standard InChI is InChI=1S/C14H18ClNO2/c15-13-9-11(4-6-14(17)18)3-5-12(13)10-16-7-1-2-8-16/h3,5,9H,1-2,4,6-8,10H2,(H,17,18). The quantitative estimate of drug-likeness (QED) is 0.892. The Morgan fingerprint density at radius 3 is 2.67 bits per heavy atom. The number of benzene rings is 1. The van der Waals surface area contributed by atoms with Crippen LogP contribution in [0.15, 0.2) is 18.2 Å². The largest absolute Gasteiger partial charge is 0.481 e. The molecule has 1 aromatic carbocycles. The summed E-state index contributed by atoms with van der Waals surface area (Å²) in [5.74, 6) is -0.771. The maximum absolute atomic E-state index is 10.5. The van der Waals surface area contributed by atoms with E-state index in [4.69, 9.17) is 16.7 Å². The molecule has 0 aromatic heterocycles. The van der Waals surface area contributed by atoms with Crippen LogP contribution in [0.5, 0.6) is 0 Å². The van der Waals surface area contributed by atoms with E-state index in [2.05, 4.69) is 4.90 Å². The van der Waals surface area contributed by atoms with Gasteiger partial charge in [-0.1, -0.05) is 23.7 Å². The molecule has 0 atom stereocenters. The number of rotatable bonds is 5. The summed E-state index contributed by atoms with van der Waals surface area (Å²) in [7, 11) is 0. The number of nitrogens with zero attached hydrogens (tertiary/aromatic N) is 1. The number of likely N-dealkylation sites (tertiary alicyclic amines) is 1. The smallest absolute Gasteiger partial charge is 0.303 e. The summed E-state index contributed by atoms with van der Waals surface area (Å²) >= 11 is 6.25. The van der Waals surface area contributed by atoms with Crippen molar-refractivity contribution >= 4 is 17.6 Å². The van der Waals surface area contributed by atoms with Crippen LogP contribution in [0.4, 0.5) is 0 Å². The molecule has 0 amide bonds. The molecule has 1 aliphatic heterocycles. The van der Waals surface area contributed by atoms with E-state index in [0.29, 0.717) is 6.42 Å². The summed E-state index contributed by atoms with van der Waals surface area (Å²) in [4.78, 5) is 12.9. The molecular weight excluding hydrogens is 250 g/mol. The van der Waals surface area contributed by atoms with E-state index in [-0.39, 0.29) is 6.42 Å². The van der Waals surface area contributed by atoms with Gasteiger partial charge in [-0.05, 0) is 49.5 Å². The second kappa shape index (κ2) is 6.21. The van der Waals surface area contributed by atoms with Crippen molar-refractivity contribution in [3.8, 4) is 0 Å². The number of hydrogen-bond acceptors (Lipinski definition) is 2. The molecular formula is C14H18ClNO2. The highest BCUT2D eigenvalue weighted by Gasteiger charge is 2.13. The highest BCUT2D eigenvalue weighted by Crippen LogP contribution is 2.22. The number of hydrogen-bond donors (Lipinski definition) is 1. The lowest BCUT2D eigenvalue weighted by atomic mass is 10.1. The Hall–Kier alpha value is -1.06. The molecule has 1 aliphatic rings. The van der Waals surface area contributed by atoms with Crippen molar-refractivity contribution in [3.63, 3.8) is 0 Å². The van der Waals surface area contributed by atoms with Gasteiger partial charge in [0.1, 0.15) is 0 Å². The van der Waals surface area contributed by atoms with Gasteiger partial charge in [0.2, 0.25) is 0 Å². The van der Waals surface area contributed by atoms with E-state index in [0.717, 1.165) is 35.8 Å². The molecule has 0 spiro atoms. The van der Waals surface area contributed by atoms with Crippen molar-refractivity contribution in [2.45, 2.75) is 32.2 Å². The topological polar surface area (TPSA) is 40.5 Å². The fourth-order valence-electron chi connectivity index (χ4n) is 2.31. The van der Waals surface area contributed by atoms with Crippen LogP contribution in [0.3, 0.4) is 0 Å². The van der Waals surface area contributed by atoms with Crippen molar-refractivity contribution in [2.24, 2.45) is 0 Å². The predicted octanol–water partition coefficient (Wildman–Crippen LogP) is 2.95. The Labute approximate surface area is 112 Å². The van der Waals surface area contributed by atoms with E-state index in [1.165, 1.54) is 12.8 Å². The Balaban J connectivity index is 1.97. The van der Waals surface area contributed by atoms with Crippen LogP contribution in [0.1, 0.15) is 30.4 Å². The second-order valence-electron chi connectivity index (χ2n) is 4.80.